The summed E-state index contributed by atoms with van der Waals surface area (Å²) in [6.07, 6.45) is 5.93. The van der Waals surface area contributed by atoms with E-state index >= 15 is 0 Å². The third kappa shape index (κ3) is 3.39. The Balaban J connectivity index is 1.38. The van der Waals surface area contributed by atoms with E-state index in [1.807, 2.05) is 6.07 Å². The molecule has 1 aliphatic carbocycles. The first kappa shape index (κ1) is 13.2. The number of aromatic nitrogens is 1. The zero-order valence-corrected chi connectivity index (χ0v) is 11.6. The standard InChI is InChI=1S/C16H21N3O/c20-16(19-13-5-6-13)8-10-17-9-7-12-11-18-15-4-2-1-3-14(12)15/h1-4,11,13,17-18H,5-10H2,(H,19,20). The predicted octanol–water partition coefficient (Wildman–Crippen LogP) is 1.97. The van der Waals surface area contributed by atoms with Gasteiger partial charge >= 0.3 is 0 Å². The summed E-state index contributed by atoms with van der Waals surface area (Å²) in [4.78, 5) is 14.8. The number of H-pyrrole nitrogens is 1. The second kappa shape index (κ2) is 6.09. The molecule has 0 radical (unpaired) electrons. The fraction of sp³-hybridized carbons (Fsp3) is 0.438. The number of carbonyl (C=O) groups excluding carboxylic acids is 1. The van der Waals surface area contributed by atoms with Crippen LogP contribution in [0.3, 0.4) is 0 Å². The summed E-state index contributed by atoms with van der Waals surface area (Å²) in [7, 11) is 0. The summed E-state index contributed by atoms with van der Waals surface area (Å²) < 4.78 is 0. The van der Waals surface area contributed by atoms with E-state index in [9.17, 15) is 4.79 Å². The van der Waals surface area contributed by atoms with Crippen molar-refractivity contribution < 1.29 is 4.79 Å². The molecule has 0 saturated heterocycles. The molecule has 0 bridgehead atoms. The Morgan fingerprint density at radius 1 is 1.25 bits per heavy atom. The van der Waals surface area contributed by atoms with Crippen LogP contribution in [-0.4, -0.2) is 30.0 Å². The van der Waals surface area contributed by atoms with Crippen LogP contribution in [0.15, 0.2) is 30.5 Å². The molecule has 1 aromatic carbocycles. The Labute approximate surface area is 118 Å². The van der Waals surface area contributed by atoms with Crippen LogP contribution < -0.4 is 10.6 Å². The lowest BCUT2D eigenvalue weighted by Crippen LogP contribution is -2.29. The number of amides is 1. The van der Waals surface area contributed by atoms with E-state index in [-0.39, 0.29) is 5.91 Å². The van der Waals surface area contributed by atoms with Crippen LogP contribution in [0.2, 0.25) is 0 Å². The van der Waals surface area contributed by atoms with Crippen LogP contribution in [0.5, 0.6) is 0 Å². The van der Waals surface area contributed by atoms with Crippen molar-refractivity contribution >= 4 is 16.8 Å². The van der Waals surface area contributed by atoms with E-state index in [2.05, 4.69) is 40.0 Å². The van der Waals surface area contributed by atoms with Crippen molar-refractivity contribution in [1.82, 2.24) is 15.6 Å². The minimum absolute atomic E-state index is 0.173. The molecule has 3 N–H and O–H groups in total. The molecular weight excluding hydrogens is 250 g/mol. The molecule has 4 nitrogen and oxygen atoms in total. The lowest BCUT2D eigenvalue weighted by atomic mass is 10.1. The number of benzene rings is 1. The van der Waals surface area contributed by atoms with E-state index in [0.717, 1.165) is 32.4 Å². The smallest absolute Gasteiger partial charge is 0.221 e. The zero-order chi connectivity index (χ0) is 13.8. The number of hydrogen-bond donors (Lipinski definition) is 3. The van der Waals surface area contributed by atoms with Gasteiger partial charge in [-0.1, -0.05) is 18.2 Å². The molecule has 0 unspecified atom stereocenters. The minimum atomic E-state index is 0.173. The summed E-state index contributed by atoms with van der Waals surface area (Å²) in [6.45, 7) is 1.65. The number of aromatic amines is 1. The van der Waals surface area contributed by atoms with E-state index in [0.29, 0.717) is 12.5 Å². The van der Waals surface area contributed by atoms with Gasteiger partial charge in [0.1, 0.15) is 0 Å². The highest BCUT2D eigenvalue weighted by Crippen LogP contribution is 2.18. The van der Waals surface area contributed by atoms with Crippen LogP contribution in [0.25, 0.3) is 10.9 Å². The normalized spacial score (nSPS) is 14.6. The molecule has 20 heavy (non-hydrogen) atoms. The Bertz CT molecular complexity index is 586. The minimum Gasteiger partial charge on any atom is -0.361 e. The highest BCUT2D eigenvalue weighted by Gasteiger charge is 2.22. The summed E-state index contributed by atoms with van der Waals surface area (Å²) in [6, 6.07) is 8.81. The van der Waals surface area contributed by atoms with E-state index in [4.69, 9.17) is 0 Å². The third-order valence-electron chi connectivity index (χ3n) is 3.72. The Morgan fingerprint density at radius 3 is 2.95 bits per heavy atom. The van der Waals surface area contributed by atoms with Crippen molar-refractivity contribution in [2.45, 2.75) is 31.7 Å². The fourth-order valence-corrected chi connectivity index (χ4v) is 2.42. The van der Waals surface area contributed by atoms with E-state index in [1.165, 1.54) is 16.5 Å². The van der Waals surface area contributed by atoms with Gasteiger partial charge in [0, 0.05) is 36.1 Å². The maximum Gasteiger partial charge on any atom is 0.221 e. The first-order valence-electron chi connectivity index (χ1n) is 7.38. The molecule has 1 aromatic heterocycles. The van der Waals surface area contributed by atoms with Gasteiger partial charge in [0.2, 0.25) is 5.91 Å². The summed E-state index contributed by atoms with van der Waals surface area (Å²) >= 11 is 0. The van der Waals surface area contributed by atoms with Crippen LogP contribution >= 0.6 is 0 Å². The van der Waals surface area contributed by atoms with Crippen molar-refractivity contribution in [3.05, 3.63) is 36.0 Å². The van der Waals surface area contributed by atoms with Crippen LogP contribution in [-0.2, 0) is 11.2 Å². The average molecular weight is 271 g/mol. The lowest BCUT2D eigenvalue weighted by Gasteiger charge is -2.05. The summed E-state index contributed by atoms with van der Waals surface area (Å²) in [5.74, 6) is 0.173. The van der Waals surface area contributed by atoms with Gasteiger partial charge in [0.15, 0.2) is 0 Å². The van der Waals surface area contributed by atoms with Gasteiger partial charge in [-0.3, -0.25) is 4.79 Å². The highest BCUT2D eigenvalue weighted by molar-refractivity contribution is 5.83. The molecule has 1 saturated carbocycles. The largest absolute Gasteiger partial charge is 0.361 e. The molecule has 106 valence electrons. The SMILES string of the molecule is O=C(CCNCCc1c[nH]c2ccccc12)NC1CC1. The number of fused-ring (bicyclic) bond motifs is 1. The molecule has 4 heteroatoms. The first-order chi connectivity index (χ1) is 9.83. The number of para-hydroxylation sites is 1. The zero-order valence-electron chi connectivity index (χ0n) is 11.6. The van der Waals surface area contributed by atoms with Crippen LogP contribution in [0.4, 0.5) is 0 Å². The van der Waals surface area contributed by atoms with Crippen molar-refractivity contribution in [1.29, 1.82) is 0 Å². The monoisotopic (exact) mass is 271 g/mol. The molecule has 0 atom stereocenters. The van der Waals surface area contributed by atoms with Crippen molar-refractivity contribution in [3.63, 3.8) is 0 Å². The van der Waals surface area contributed by atoms with Crippen molar-refractivity contribution in [2.75, 3.05) is 13.1 Å². The number of rotatable bonds is 7. The fourth-order valence-electron chi connectivity index (χ4n) is 2.42. The van der Waals surface area contributed by atoms with Gasteiger partial charge in [-0.15, -0.1) is 0 Å². The predicted molar refractivity (Wildman–Crippen MR) is 80.7 cm³/mol. The van der Waals surface area contributed by atoms with Gasteiger partial charge in [0.05, 0.1) is 0 Å². The van der Waals surface area contributed by atoms with Crippen LogP contribution in [0, 0.1) is 0 Å². The molecule has 2 aromatic rings. The maximum absolute atomic E-state index is 11.5. The van der Waals surface area contributed by atoms with Crippen molar-refractivity contribution in [2.24, 2.45) is 0 Å². The maximum atomic E-state index is 11.5. The Hall–Kier alpha value is -1.81. The number of hydrogen-bond acceptors (Lipinski definition) is 2. The second-order valence-corrected chi connectivity index (χ2v) is 5.45. The van der Waals surface area contributed by atoms with Gasteiger partial charge in [-0.05, 0) is 37.4 Å². The second-order valence-electron chi connectivity index (χ2n) is 5.45. The molecular formula is C16H21N3O. The average Bonchev–Trinajstić information content (AvgIpc) is 3.17. The van der Waals surface area contributed by atoms with Crippen molar-refractivity contribution in [3.8, 4) is 0 Å². The topological polar surface area (TPSA) is 56.9 Å². The van der Waals surface area contributed by atoms with Gasteiger partial charge in [-0.2, -0.15) is 0 Å². The third-order valence-corrected chi connectivity index (χ3v) is 3.72. The summed E-state index contributed by atoms with van der Waals surface area (Å²) in [5.41, 5.74) is 2.52. The lowest BCUT2D eigenvalue weighted by molar-refractivity contribution is -0.121. The number of carbonyl (C=O) groups is 1. The quantitative estimate of drug-likeness (QED) is 0.674. The molecule has 1 aliphatic rings. The molecule has 0 aliphatic heterocycles. The first-order valence-corrected chi connectivity index (χ1v) is 7.38. The van der Waals surface area contributed by atoms with E-state index in [1.54, 1.807) is 0 Å². The molecule has 1 fully saturated rings. The van der Waals surface area contributed by atoms with Gasteiger partial charge in [-0.25, -0.2) is 0 Å². The summed E-state index contributed by atoms with van der Waals surface area (Å²) in [5, 5.41) is 7.63. The van der Waals surface area contributed by atoms with Gasteiger partial charge in [0.25, 0.3) is 0 Å². The molecule has 0 spiro atoms. The van der Waals surface area contributed by atoms with Crippen LogP contribution in [0.1, 0.15) is 24.8 Å². The van der Waals surface area contributed by atoms with E-state index < -0.39 is 0 Å². The Kier molecular flexibility index (Phi) is 4.02. The van der Waals surface area contributed by atoms with Gasteiger partial charge < -0.3 is 15.6 Å². The Morgan fingerprint density at radius 2 is 2.10 bits per heavy atom. The molecule has 3 rings (SSSR count). The highest BCUT2D eigenvalue weighted by atomic mass is 16.1. The number of nitrogens with one attached hydrogen (secondary N) is 3. The molecule has 1 amide bonds. The molecule has 1 heterocycles.